The highest BCUT2D eigenvalue weighted by atomic mass is 35.5. The lowest BCUT2D eigenvalue weighted by atomic mass is 10.3. The average molecular weight is 264 g/mol. The molecule has 0 aliphatic carbocycles. The van der Waals surface area contributed by atoms with Crippen molar-refractivity contribution in [1.82, 2.24) is 5.32 Å². The van der Waals surface area contributed by atoms with E-state index in [9.17, 15) is 0 Å². The number of hydrogen-bond donors (Lipinski definition) is 1. The Hall–Kier alpha value is 0.110. The molecule has 15 heavy (non-hydrogen) atoms. The number of nitrogens with one attached hydrogen (secondary N) is 1. The minimum absolute atomic E-state index is 0.435. The maximum Gasteiger partial charge on any atom is 0.0543 e. The maximum atomic E-state index is 6.09. The van der Waals surface area contributed by atoms with Crippen LogP contribution < -0.4 is 5.32 Å². The van der Waals surface area contributed by atoms with Crippen molar-refractivity contribution in [3.8, 4) is 0 Å². The van der Waals surface area contributed by atoms with Gasteiger partial charge in [0.05, 0.1) is 5.02 Å². The predicted molar refractivity (Wildman–Crippen MR) is 70.3 cm³/mol. The topological polar surface area (TPSA) is 12.0 Å². The minimum atomic E-state index is 0.435. The first-order valence-electron chi connectivity index (χ1n) is 4.83. The van der Waals surface area contributed by atoms with Crippen molar-refractivity contribution >= 4 is 35.0 Å². The highest BCUT2D eigenvalue weighted by Crippen LogP contribution is 2.33. The summed E-state index contributed by atoms with van der Waals surface area (Å²) in [6.45, 7) is 4.32. The van der Waals surface area contributed by atoms with Crippen molar-refractivity contribution < 1.29 is 0 Å². The molecule has 0 fully saturated rings. The zero-order chi connectivity index (χ0) is 11.4. The van der Waals surface area contributed by atoms with Crippen LogP contribution in [0.3, 0.4) is 0 Å². The molecule has 1 aromatic carbocycles. The third-order valence-electron chi connectivity index (χ3n) is 2.37. The van der Waals surface area contributed by atoms with Crippen molar-refractivity contribution in [1.29, 1.82) is 0 Å². The van der Waals surface area contributed by atoms with Crippen LogP contribution in [0.25, 0.3) is 0 Å². The van der Waals surface area contributed by atoms with Gasteiger partial charge >= 0.3 is 0 Å². The quantitative estimate of drug-likeness (QED) is 0.822. The molecule has 0 aromatic heterocycles. The molecule has 0 radical (unpaired) electrons. The van der Waals surface area contributed by atoms with E-state index in [1.807, 2.05) is 19.2 Å². The van der Waals surface area contributed by atoms with Gasteiger partial charge in [-0.3, -0.25) is 0 Å². The van der Waals surface area contributed by atoms with Crippen LogP contribution in [0.2, 0.25) is 10.0 Å². The molecule has 0 saturated carbocycles. The first kappa shape index (κ1) is 13.2. The van der Waals surface area contributed by atoms with Crippen LogP contribution in [0.1, 0.15) is 13.8 Å². The molecule has 1 rings (SSSR count). The smallest absolute Gasteiger partial charge is 0.0543 e. The van der Waals surface area contributed by atoms with Crippen LogP contribution in [0.5, 0.6) is 0 Å². The zero-order valence-electron chi connectivity index (χ0n) is 9.05. The first-order valence-corrected chi connectivity index (χ1v) is 6.47. The fourth-order valence-electron chi connectivity index (χ4n) is 1.10. The predicted octanol–water partition coefficient (Wildman–Crippen LogP) is 4.08. The maximum absolute atomic E-state index is 6.09. The minimum Gasteiger partial charge on any atom is -0.316 e. The van der Waals surface area contributed by atoms with Crippen LogP contribution in [0.4, 0.5) is 0 Å². The molecule has 2 atom stereocenters. The standard InChI is InChI=1S/C11H15Cl2NS/c1-7(14-3)8(2)15-11-6-9(12)4-5-10(11)13/h4-8,14H,1-3H3. The van der Waals surface area contributed by atoms with Crippen molar-refractivity contribution in [2.45, 2.75) is 30.0 Å². The molecule has 0 amide bonds. The van der Waals surface area contributed by atoms with Gasteiger partial charge in [0.15, 0.2) is 0 Å². The second-order valence-corrected chi connectivity index (χ2v) is 5.74. The molecule has 0 spiro atoms. The van der Waals surface area contributed by atoms with Crippen LogP contribution in [-0.4, -0.2) is 18.3 Å². The highest BCUT2D eigenvalue weighted by Gasteiger charge is 2.13. The molecule has 0 aliphatic rings. The second kappa shape index (κ2) is 6.00. The Morgan fingerprint density at radius 1 is 1.27 bits per heavy atom. The van der Waals surface area contributed by atoms with Gasteiger partial charge in [0.25, 0.3) is 0 Å². The van der Waals surface area contributed by atoms with Gasteiger partial charge in [-0.25, -0.2) is 0 Å². The summed E-state index contributed by atoms with van der Waals surface area (Å²) >= 11 is 13.8. The van der Waals surface area contributed by atoms with E-state index in [4.69, 9.17) is 23.2 Å². The molecule has 0 bridgehead atoms. The van der Waals surface area contributed by atoms with Crippen molar-refractivity contribution in [3.63, 3.8) is 0 Å². The van der Waals surface area contributed by atoms with Gasteiger partial charge in [0.1, 0.15) is 0 Å². The molecule has 84 valence electrons. The van der Waals surface area contributed by atoms with E-state index in [1.165, 1.54) is 0 Å². The van der Waals surface area contributed by atoms with Crippen molar-refractivity contribution in [3.05, 3.63) is 28.2 Å². The lowest BCUT2D eigenvalue weighted by molar-refractivity contribution is 0.605. The molecule has 4 heteroatoms. The largest absolute Gasteiger partial charge is 0.316 e. The summed E-state index contributed by atoms with van der Waals surface area (Å²) in [4.78, 5) is 1.04. The monoisotopic (exact) mass is 263 g/mol. The summed E-state index contributed by atoms with van der Waals surface area (Å²) in [5.41, 5.74) is 0. The van der Waals surface area contributed by atoms with Crippen LogP contribution in [-0.2, 0) is 0 Å². The lowest BCUT2D eigenvalue weighted by Crippen LogP contribution is -2.30. The average Bonchev–Trinajstić information content (AvgIpc) is 2.22. The Morgan fingerprint density at radius 3 is 2.53 bits per heavy atom. The lowest BCUT2D eigenvalue weighted by Gasteiger charge is -2.19. The molecule has 1 N–H and O–H groups in total. The van der Waals surface area contributed by atoms with Gasteiger partial charge in [-0.1, -0.05) is 30.1 Å². The molecular formula is C11H15Cl2NS. The summed E-state index contributed by atoms with van der Waals surface area (Å²) in [7, 11) is 1.96. The van der Waals surface area contributed by atoms with E-state index in [0.29, 0.717) is 11.3 Å². The van der Waals surface area contributed by atoms with Crippen LogP contribution >= 0.6 is 35.0 Å². The van der Waals surface area contributed by atoms with Gasteiger partial charge in [-0.05, 0) is 32.2 Å². The van der Waals surface area contributed by atoms with Crippen LogP contribution in [0, 0.1) is 0 Å². The van der Waals surface area contributed by atoms with Gasteiger partial charge < -0.3 is 5.32 Å². The molecule has 0 aliphatic heterocycles. The number of hydrogen-bond acceptors (Lipinski definition) is 2. The first-order chi connectivity index (χ1) is 7.04. The van der Waals surface area contributed by atoms with Gasteiger partial charge in [-0.2, -0.15) is 0 Å². The number of thioether (sulfide) groups is 1. The third-order valence-corrected chi connectivity index (χ3v) is 4.41. The van der Waals surface area contributed by atoms with E-state index in [2.05, 4.69) is 19.2 Å². The summed E-state index contributed by atoms with van der Waals surface area (Å²) in [5, 5.41) is 5.16. The molecule has 2 unspecified atom stereocenters. The molecule has 1 aromatic rings. The van der Waals surface area contributed by atoms with E-state index in [0.717, 1.165) is 14.9 Å². The van der Waals surface area contributed by atoms with Crippen molar-refractivity contribution in [2.24, 2.45) is 0 Å². The highest BCUT2D eigenvalue weighted by molar-refractivity contribution is 8.00. The fourth-order valence-corrected chi connectivity index (χ4v) is 2.71. The van der Waals surface area contributed by atoms with E-state index in [1.54, 1.807) is 17.8 Å². The summed E-state index contributed by atoms with van der Waals surface area (Å²) < 4.78 is 0. The number of halogens is 2. The summed E-state index contributed by atoms with van der Waals surface area (Å²) in [6, 6.07) is 5.99. The molecule has 0 heterocycles. The fraction of sp³-hybridized carbons (Fsp3) is 0.455. The third kappa shape index (κ3) is 3.87. The number of benzene rings is 1. The molecular weight excluding hydrogens is 249 g/mol. The van der Waals surface area contributed by atoms with E-state index >= 15 is 0 Å². The Morgan fingerprint density at radius 2 is 1.93 bits per heavy atom. The van der Waals surface area contributed by atoms with Crippen LogP contribution in [0.15, 0.2) is 23.1 Å². The Bertz CT molecular complexity index is 330. The van der Waals surface area contributed by atoms with E-state index in [-0.39, 0.29) is 0 Å². The number of rotatable bonds is 4. The molecule has 0 saturated heterocycles. The normalized spacial score (nSPS) is 15.0. The summed E-state index contributed by atoms with van der Waals surface area (Å²) in [5.74, 6) is 0. The van der Waals surface area contributed by atoms with Crippen molar-refractivity contribution in [2.75, 3.05) is 7.05 Å². The Labute approximate surface area is 106 Å². The van der Waals surface area contributed by atoms with Gasteiger partial charge in [0, 0.05) is 21.2 Å². The van der Waals surface area contributed by atoms with Gasteiger partial charge in [-0.15, -0.1) is 11.8 Å². The second-order valence-electron chi connectivity index (χ2n) is 3.48. The van der Waals surface area contributed by atoms with E-state index < -0.39 is 0 Å². The SMILES string of the molecule is CNC(C)C(C)Sc1cc(Cl)ccc1Cl. The Balaban J connectivity index is 2.75. The zero-order valence-corrected chi connectivity index (χ0v) is 11.4. The molecule has 1 nitrogen and oxygen atoms in total. The van der Waals surface area contributed by atoms with Gasteiger partial charge in [0.2, 0.25) is 0 Å². The Kier molecular flexibility index (Phi) is 5.27. The summed E-state index contributed by atoms with van der Waals surface area (Å²) in [6.07, 6.45) is 0.